The van der Waals surface area contributed by atoms with Gasteiger partial charge in [-0.25, -0.2) is 4.98 Å². The van der Waals surface area contributed by atoms with E-state index in [0.29, 0.717) is 5.92 Å². The summed E-state index contributed by atoms with van der Waals surface area (Å²) in [6, 6.07) is 8.42. The second-order valence-electron chi connectivity index (χ2n) is 7.32. The first-order valence-corrected chi connectivity index (χ1v) is 11.8. The summed E-state index contributed by atoms with van der Waals surface area (Å²) in [5.41, 5.74) is 3.58. The van der Waals surface area contributed by atoms with Gasteiger partial charge in [-0.3, -0.25) is 0 Å². The summed E-state index contributed by atoms with van der Waals surface area (Å²) in [5, 5.41) is 13.3. The Hall–Kier alpha value is -1.92. The Morgan fingerprint density at radius 1 is 1.21 bits per heavy atom. The van der Waals surface area contributed by atoms with Crippen molar-refractivity contribution < 1.29 is 0 Å². The van der Waals surface area contributed by atoms with Crippen LogP contribution in [-0.2, 0) is 12.3 Å². The van der Waals surface area contributed by atoms with Crippen LogP contribution in [0.2, 0.25) is 0 Å². The quantitative estimate of drug-likeness (QED) is 0.342. The SMILES string of the molecule is C=CCn1c(SCc2csc(-c3ccccc3C)n2)nnc1C1CCCCC1. The number of thioether (sulfide) groups is 1. The molecule has 146 valence electrons. The second kappa shape index (κ2) is 9.05. The van der Waals surface area contributed by atoms with Gasteiger partial charge in [0.2, 0.25) is 0 Å². The molecular weight excluding hydrogens is 384 g/mol. The van der Waals surface area contributed by atoms with E-state index in [1.165, 1.54) is 43.2 Å². The van der Waals surface area contributed by atoms with Gasteiger partial charge in [0, 0.05) is 29.2 Å². The lowest BCUT2D eigenvalue weighted by atomic mass is 9.89. The number of nitrogens with zero attached hydrogens (tertiary/aromatic N) is 4. The van der Waals surface area contributed by atoms with E-state index in [1.54, 1.807) is 23.1 Å². The molecule has 0 unspecified atom stereocenters. The Kier molecular flexibility index (Phi) is 6.27. The molecule has 0 atom stereocenters. The Morgan fingerprint density at radius 3 is 2.82 bits per heavy atom. The minimum Gasteiger partial charge on any atom is -0.302 e. The highest BCUT2D eigenvalue weighted by Crippen LogP contribution is 2.34. The predicted octanol–water partition coefficient (Wildman–Crippen LogP) is 6.24. The van der Waals surface area contributed by atoms with Gasteiger partial charge in [-0.2, -0.15) is 0 Å². The summed E-state index contributed by atoms with van der Waals surface area (Å²) in [6.45, 7) is 6.84. The number of hydrogen-bond donors (Lipinski definition) is 0. The minimum absolute atomic E-state index is 0.544. The smallest absolute Gasteiger partial charge is 0.191 e. The lowest BCUT2D eigenvalue weighted by Gasteiger charge is -2.21. The van der Waals surface area contributed by atoms with Crippen molar-refractivity contribution in [3.05, 3.63) is 59.4 Å². The van der Waals surface area contributed by atoms with Gasteiger partial charge in [0.25, 0.3) is 0 Å². The average molecular weight is 411 g/mol. The fraction of sp³-hybridized carbons (Fsp3) is 0.409. The number of allylic oxidation sites excluding steroid dienone is 1. The molecule has 0 aliphatic heterocycles. The van der Waals surface area contributed by atoms with Crippen molar-refractivity contribution in [2.24, 2.45) is 0 Å². The maximum Gasteiger partial charge on any atom is 0.191 e. The van der Waals surface area contributed by atoms with Crippen LogP contribution in [0.4, 0.5) is 0 Å². The van der Waals surface area contributed by atoms with E-state index >= 15 is 0 Å². The van der Waals surface area contributed by atoms with E-state index < -0.39 is 0 Å². The summed E-state index contributed by atoms with van der Waals surface area (Å²) >= 11 is 3.43. The first kappa shape index (κ1) is 19.4. The molecule has 1 saturated carbocycles. The van der Waals surface area contributed by atoms with Crippen LogP contribution < -0.4 is 0 Å². The molecule has 1 aliphatic carbocycles. The lowest BCUT2D eigenvalue weighted by Crippen LogP contribution is -2.12. The second-order valence-corrected chi connectivity index (χ2v) is 9.12. The largest absolute Gasteiger partial charge is 0.302 e. The Labute approximate surface area is 175 Å². The maximum atomic E-state index is 4.85. The molecule has 0 saturated heterocycles. The van der Waals surface area contributed by atoms with Gasteiger partial charge >= 0.3 is 0 Å². The Bertz CT molecular complexity index is 938. The first-order chi connectivity index (χ1) is 13.8. The third-order valence-electron chi connectivity index (χ3n) is 5.30. The molecule has 6 heteroatoms. The van der Waals surface area contributed by atoms with Crippen LogP contribution in [0.5, 0.6) is 0 Å². The normalized spacial score (nSPS) is 15.0. The van der Waals surface area contributed by atoms with Crippen LogP contribution in [0.25, 0.3) is 10.6 Å². The molecule has 0 spiro atoms. The highest BCUT2D eigenvalue weighted by molar-refractivity contribution is 7.98. The molecule has 1 aliphatic rings. The minimum atomic E-state index is 0.544. The van der Waals surface area contributed by atoms with Gasteiger partial charge in [0.05, 0.1) is 5.69 Å². The standard InChI is InChI=1S/C22H26N4S2/c1-3-13-26-20(17-10-5-4-6-11-17)24-25-22(26)28-15-18-14-27-21(23-18)19-12-8-7-9-16(19)2/h3,7-9,12,14,17H,1,4-6,10-11,13,15H2,2H3. The fourth-order valence-corrected chi connectivity index (χ4v) is 5.68. The molecule has 3 aromatic rings. The van der Waals surface area contributed by atoms with Crippen molar-refractivity contribution in [1.29, 1.82) is 0 Å². The molecule has 0 radical (unpaired) electrons. The number of thiazole rings is 1. The van der Waals surface area contributed by atoms with Crippen molar-refractivity contribution in [2.75, 3.05) is 0 Å². The van der Waals surface area contributed by atoms with Crippen LogP contribution in [0.3, 0.4) is 0 Å². The highest BCUT2D eigenvalue weighted by Gasteiger charge is 2.23. The van der Waals surface area contributed by atoms with Crippen LogP contribution in [0, 0.1) is 6.92 Å². The Morgan fingerprint density at radius 2 is 2.04 bits per heavy atom. The molecule has 1 fully saturated rings. The third kappa shape index (κ3) is 4.23. The van der Waals surface area contributed by atoms with Crippen molar-refractivity contribution in [1.82, 2.24) is 19.7 Å². The molecule has 0 amide bonds. The van der Waals surface area contributed by atoms with Gasteiger partial charge in [-0.05, 0) is 25.3 Å². The van der Waals surface area contributed by atoms with E-state index in [4.69, 9.17) is 4.98 Å². The van der Waals surface area contributed by atoms with Crippen LogP contribution in [0.15, 0.2) is 47.5 Å². The van der Waals surface area contributed by atoms with E-state index in [0.717, 1.165) is 34.0 Å². The summed E-state index contributed by atoms with van der Waals surface area (Å²) in [5.74, 6) is 2.49. The number of hydrogen-bond acceptors (Lipinski definition) is 5. The van der Waals surface area contributed by atoms with E-state index in [-0.39, 0.29) is 0 Å². The molecule has 4 nitrogen and oxygen atoms in total. The molecule has 2 aromatic heterocycles. The van der Waals surface area contributed by atoms with Crippen molar-refractivity contribution in [3.8, 4) is 10.6 Å². The van der Waals surface area contributed by atoms with Crippen LogP contribution in [-0.4, -0.2) is 19.7 Å². The van der Waals surface area contributed by atoms with Crippen LogP contribution in [0.1, 0.15) is 55.1 Å². The predicted molar refractivity (Wildman–Crippen MR) is 118 cm³/mol. The van der Waals surface area contributed by atoms with E-state index in [2.05, 4.69) is 57.9 Å². The fourth-order valence-electron chi connectivity index (χ4n) is 3.82. The summed E-state index contributed by atoms with van der Waals surface area (Å²) in [4.78, 5) is 4.85. The van der Waals surface area contributed by atoms with E-state index in [1.807, 2.05) is 6.08 Å². The van der Waals surface area contributed by atoms with Crippen molar-refractivity contribution in [3.63, 3.8) is 0 Å². The van der Waals surface area contributed by atoms with Crippen molar-refractivity contribution in [2.45, 2.75) is 62.4 Å². The molecule has 0 N–H and O–H groups in total. The highest BCUT2D eigenvalue weighted by atomic mass is 32.2. The number of aromatic nitrogens is 4. The molecule has 28 heavy (non-hydrogen) atoms. The van der Waals surface area contributed by atoms with Gasteiger partial charge in [-0.15, -0.1) is 28.1 Å². The summed E-state index contributed by atoms with van der Waals surface area (Å²) < 4.78 is 2.25. The lowest BCUT2D eigenvalue weighted by molar-refractivity contribution is 0.415. The van der Waals surface area contributed by atoms with Gasteiger partial charge in [-0.1, -0.05) is 61.4 Å². The first-order valence-electron chi connectivity index (χ1n) is 9.93. The average Bonchev–Trinajstić information content (AvgIpc) is 3.35. The third-order valence-corrected chi connectivity index (χ3v) is 7.23. The van der Waals surface area contributed by atoms with Crippen molar-refractivity contribution >= 4 is 23.1 Å². The zero-order valence-corrected chi connectivity index (χ0v) is 17.9. The van der Waals surface area contributed by atoms with Crippen LogP contribution >= 0.6 is 23.1 Å². The van der Waals surface area contributed by atoms with E-state index in [9.17, 15) is 0 Å². The maximum absolute atomic E-state index is 4.85. The monoisotopic (exact) mass is 410 g/mol. The zero-order chi connectivity index (χ0) is 19.3. The molecule has 4 rings (SSSR count). The molecular formula is C22H26N4S2. The molecule has 0 bridgehead atoms. The molecule has 1 aromatic carbocycles. The topological polar surface area (TPSA) is 43.6 Å². The number of benzene rings is 1. The van der Waals surface area contributed by atoms with Gasteiger partial charge < -0.3 is 4.57 Å². The number of aryl methyl sites for hydroxylation is 1. The van der Waals surface area contributed by atoms with Gasteiger partial charge in [0.15, 0.2) is 5.16 Å². The van der Waals surface area contributed by atoms with Gasteiger partial charge in [0.1, 0.15) is 10.8 Å². The summed E-state index contributed by atoms with van der Waals surface area (Å²) in [6.07, 6.45) is 8.35. The molecule has 2 heterocycles. The summed E-state index contributed by atoms with van der Waals surface area (Å²) in [7, 11) is 0. The Balaban J connectivity index is 1.48. The zero-order valence-electron chi connectivity index (χ0n) is 16.3. The number of rotatable bonds is 7.